The van der Waals surface area contributed by atoms with Crippen LogP contribution in [0.4, 0.5) is 18.9 Å². The van der Waals surface area contributed by atoms with E-state index in [2.05, 4.69) is 5.32 Å². The highest BCUT2D eigenvalue weighted by Gasteiger charge is 2.31. The summed E-state index contributed by atoms with van der Waals surface area (Å²) in [7, 11) is 0. The summed E-state index contributed by atoms with van der Waals surface area (Å²) in [6.07, 6.45) is -4.44. The number of benzene rings is 2. The zero-order valence-corrected chi connectivity index (χ0v) is 13.9. The minimum Gasteiger partial charge on any atom is -0.340 e. The summed E-state index contributed by atoms with van der Waals surface area (Å²) in [5.41, 5.74) is -0.679. The van der Waals surface area contributed by atoms with Gasteiger partial charge in [0.05, 0.1) is 16.3 Å². The summed E-state index contributed by atoms with van der Waals surface area (Å²) in [5.74, 6) is 0. The van der Waals surface area contributed by atoms with E-state index in [9.17, 15) is 13.2 Å². The lowest BCUT2D eigenvalue weighted by atomic mass is 10.2. The van der Waals surface area contributed by atoms with E-state index in [0.717, 1.165) is 17.0 Å². The Bertz CT molecular complexity index is 687. The smallest absolute Gasteiger partial charge is 0.340 e. The first-order valence-electron chi connectivity index (χ1n) is 5.87. The van der Waals surface area contributed by atoms with Crippen molar-refractivity contribution in [2.24, 2.45) is 0 Å². The van der Waals surface area contributed by atoms with Gasteiger partial charge in [-0.05, 0) is 42.5 Å². The van der Waals surface area contributed by atoms with Crippen molar-refractivity contribution in [2.75, 3.05) is 5.32 Å². The fourth-order valence-corrected chi connectivity index (χ4v) is 2.88. The Labute approximate surface area is 144 Å². The zero-order valence-electron chi connectivity index (χ0n) is 10.7. The Morgan fingerprint density at radius 2 is 1.68 bits per heavy atom. The number of thioether (sulfide) groups is 1. The molecule has 0 aliphatic heterocycles. The Hall–Kier alpha value is -0.950. The Kier molecular flexibility index (Phi) is 5.60. The number of hydrogen-bond acceptors (Lipinski definition) is 2. The average Bonchev–Trinajstić information content (AvgIpc) is 2.42. The Balaban J connectivity index is 2.12. The maximum atomic E-state index is 12.7. The third-order valence-corrected chi connectivity index (χ3v) is 4.28. The number of nitrogens with one attached hydrogen (secondary N) is 1. The van der Waals surface area contributed by atoms with Crippen molar-refractivity contribution >= 4 is 57.2 Å². The molecular formula is C14H8Cl2F3NS2. The molecule has 0 atom stereocenters. The minimum atomic E-state index is -4.44. The lowest BCUT2D eigenvalue weighted by molar-refractivity contribution is -0.137. The van der Waals surface area contributed by atoms with Crippen LogP contribution in [0.15, 0.2) is 47.4 Å². The van der Waals surface area contributed by atoms with Gasteiger partial charge >= 0.3 is 6.18 Å². The van der Waals surface area contributed by atoms with Crippen LogP contribution in [-0.2, 0) is 6.18 Å². The molecule has 2 aromatic carbocycles. The van der Waals surface area contributed by atoms with Crippen LogP contribution in [0.1, 0.15) is 5.56 Å². The molecule has 0 aromatic heterocycles. The number of hydrogen-bond donors (Lipinski definition) is 1. The van der Waals surface area contributed by atoms with E-state index in [1.165, 1.54) is 17.8 Å². The molecule has 0 bridgehead atoms. The predicted octanol–water partition coefficient (Wildman–Crippen LogP) is 6.50. The third kappa shape index (κ3) is 4.78. The molecule has 116 valence electrons. The van der Waals surface area contributed by atoms with Gasteiger partial charge in [-0.1, -0.05) is 47.2 Å². The molecule has 0 aliphatic rings. The lowest BCUT2D eigenvalue weighted by Gasteiger charge is -2.12. The average molecular weight is 382 g/mol. The highest BCUT2D eigenvalue weighted by molar-refractivity contribution is 8.23. The zero-order chi connectivity index (χ0) is 16.3. The molecule has 0 spiro atoms. The van der Waals surface area contributed by atoms with Gasteiger partial charge in [0.15, 0.2) is 0 Å². The van der Waals surface area contributed by atoms with Crippen molar-refractivity contribution in [1.82, 2.24) is 0 Å². The summed E-state index contributed by atoms with van der Waals surface area (Å²) in [6.45, 7) is 0. The summed E-state index contributed by atoms with van der Waals surface area (Å²) < 4.78 is 38.4. The van der Waals surface area contributed by atoms with Gasteiger partial charge in [0.2, 0.25) is 0 Å². The summed E-state index contributed by atoms with van der Waals surface area (Å²) >= 11 is 18.0. The molecule has 22 heavy (non-hydrogen) atoms. The Morgan fingerprint density at radius 1 is 1.05 bits per heavy atom. The van der Waals surface area contributed by atoms with Gasteiger partial charge in [0.25, 0.3) is 0 Å². The van der Waals surface area contributed by atoms with Crippen molar-refractivity contribution in [3.05, 3.63) is 58.1 Å². The van der Waals surface area contributed by atoms with Gasteiger partial charge in [-0.25, -0.2) is 0 Å². The molecule has 0 radical (unpaired) electrons. The van der Waals surface area contributed by atoms with Crippen LogP contribution >= 0.6 is 47.2 Å². The standard InChI is InChI=1S/C14H8Cl2F3NS2/c15-9-2-4-10(5-3-9)22-13(21)20-12-7-8(14(17,18)19)1-6-11(12)16/h1-7H,(H,20,21). The molecule has 2 aromatic rings. The van der Waals surface area contributed by atoms with Crippen LogP contribution in [0.25, 0.3) is 0 Å². The molecule has 2 rings (SSSR count). The van der Waals surface area contributed by atoms with Gasteiger partial charge in [0, 0.05) is 9.92 Å². The molecular weight excluding hydrogens is 374 g/mol. The van der Waals surface area contributed by atoms with Gasteiger partial charge < -0.3 is 5.32 Å². The highest BCUT2D eigenvalue weighted by atomic mass is 35.5. The first-order valence-corrected chi connectivity index (χ1v) is 7.85. The molecule has 0 aliphatic carbocycles. The normalized spacial score (nSPS) is 11.3. The van der Waals surface area contributed by atoms with Crippen molar-refractivity contribution in [3.63, 3.8) is 0 Å². The van der Waals surface area contributed by atoms with Gasteiger partial charge in [-0.2, -0.15) is 13.2 Å². The number of thiocarbonyl (C=S) groups is 1. The van der Waals surface area contributed by atoms with Crippen LogP contribution in [0.3, 0.4) is 0 Å². The van der Waals surface area contributed by atoms with E-state index in [4.69, 9.17) is 35.4 Å². The molecule has 0 amide bonds. The second kappa shape index (κ2) is 7.08. The van der Waals surface area contributed by atoms with Crippen molar-refractivity contribution in [1.29, 1.82) is 0 Å². The van der Waals surface area contributed by atoms with Gasteiger partial charge in [0.1, 0.15) is 4.32 Å². The number of anilines is 1. The van der Waals surface area contributed by atoms with E-state index in [1.807, 2.05) is 0 Å². The number of rotatable bonds is 2. The minimum absolute atomic E-state index is 0.114. The van der Waals surface area contributed by atoms with E-state index >= 15 is 0 Å². The molecule has 1 N–H and O–H groups in total. The molecule has 1 nitrogen and oxygen atoms in total. The second-order valence-electron chi connectivity index (χ2n) is 4.16. The maximum Gasteiger partial charge on any atom is 0.416 e. The van der Waals surface area contributed by atoms with Crippen LogP contribution in [0.2, 0.25) is 10.0 Å². The third-order valence-electron chi connectivity index (χ3n) is 2.55. The Morgan fingerprint density at radius 3 is 2.27 bits per heavy atom. The van der Waals surface area contributed by atoms with Crippen molar-refractivity contribution < 1.29 is 13.2 Å². The van der Waals surface area contributed by atoms with Gasteiger partial charge in [-0.3, -0.25) is 0 Å². The maximum absolute atomic E-state index is 12.7. The highest BCUT2D eigenvalue weighted by Crippen LogP contribution is 2.34. The molecule has 8 heteroatoms. The van der Waals surface area contributed by atoms with E-state index in [1.54, 1.807) is 24.3 Å². The van der Waals surface area contributed by atoms with Crippen LogP contribution in [0.5, 0.6) is 0 Å². The van der Waals surface area contributed by atoms with Gasteiger partial charge in [-0.15, -0.1) is 0 Å². The second-order valence-corrected chi connectivity index (χ2v) is 6.75. The molecule has 0 fully saturated rings. The summed E-state index contributed by atoms with van der Waals surface area (Å²) in [4.78, 5) is 0.810. The topological polar surface area (TPSA) is 12.0 Å². The van der Waals surface area contributed by atoms with Crippen LogP contribution in [-0.4, -0.2) is 4.32 Å². The van der Waals surface area contributed by atoms with Crippen LogP contribution < -0.4 is 5.32 Å². The van der Waals surface area contributed by atoms with Crippen LogP contribution in [0, 0.1) is 0 Å². The van der Waals surface area contributed by atoms with Crippen molar-refractivity contribution in [3.8, 4) is 0 Å². The first kappa shape index (κ1) is 17.4. The summed E-state index contributed by atoms with van der Waals surface area (Å²) in [6, 6.07) is 9.94. The first-order chi connectivity index (χ1) is 10.3. The number of alkyl halides is 3. The van der Waals surface area contributed by atoms with E-state index in [-0.39, 0.29) is 15.0 Å². The van der Waals surface area contributed by atoms with E-state index < -0.39 is 11.7 Å². The molecule has 0 unspecified atom stereocenters. The quantitative estimate of drug-likeness (QED) is 0.470. The fraction of sp³-hybridized carbons (Fsp3) is 0.0714. The summed E-state index contributed by atoms with van der Waals surface area (Å²) in [5, 5.41) is 3.46. The SMILES string of the molecule is FC(F)(F)c1ccc(Cl)c(NC(=S)Sc2ccc(Cl)cc2)c1. The largest absolute Gasteiger partial charge is 0.416 e. The monoisotopic (exact) mass is 381 g/mol. The fourth-order valence-electron chi connectivity index (χ4n) is 1.54. The number of halogens is 5. The predicted molar refractivity (Wildman–Crippen MR) is 90.0 cm³/mol. The van der Waals surface area contributed by atoms with E-state index in [0.29, 0.717) is 5.02 Å². The molecule has 0 saturated carbocycles. The molecule has 0 heterocycles. The molecule has 0 saturated heterocycles. The van der Waals surface area contributed by atoms with Crippen molar-refractivity contribution in [2.45, 2.75) is 11.1 Å². The lowest BCUT2D eigenvalue weighted by Crippen LogP contribution is -2.09.